The number of hydrogen-bond acceptors (Lipinski definition) is 2. The second kappa shape index (κ2) is 3.18. The number of aliphatic carboxylic acids is 1. The molecule has 1 fully saturated rings. The quantitative estimate of drug-likeness (QED) is 0.580. The Morgan fingerprint density at radius 3 is 2.82 bits per heavy atom. The van der Waals surface area contributed by atoms with Crippen LogP contribution in [0.25, 0.3) is 0 Å². The monoisotopic (exact) mass is 155 g/mol. The molecular formula is C7H9NO3. The molecule has 1 saturated heterocycles. The first-order valence-corrected chi connectivity index (χ1v) is 3.41. The van der Waals surface area contributed by atoms with Crippen LogP contribution < -0.4 is 0 Å². The van der Waals surface area contributed by atoms with E-state index >= 15 is 0 Å². The van der Waals surface area contributed by atoms with E-state index in [0.29, 0.717) is 13.0 Å². The Labute approximate surface area is 64.1 Å². The number of amides is 1. The summed E-state index contributed by atoms with van der Waals surface area (Å²) in [7, 11) is 0. The molecule has 0 aromatic carbocycles. The van der Waals surface area contributed by atoms with Crippen LogP contribution in [-0.4, -0.2) is 28.4 Å². The van der Waals surface area contributed by atoms with E-state index in [4.69, 9.17) is 5.11 Å². The molecule has 1 amide bonds. The van der Waals surface area contributed by atoms with Gasteiger partial charge in [-0.2, -0.15) is 0 Å². The Bertz CT molecular complexity index is 210. The lowest BCUT2D eigenvalue weighted by Gasteiger charge is -2.06. The molecule has 0 aromatic heterocycles. The van der Waals surface area contributed by atoms with E-state index in [2.05, 4.69) is 0 Å². The summed E-state index contributed by atoms with van der Waals surface area (Å²) in [6, 6.07) is 0. The van der Waals surface area contributed by atoms with Crippen LogP contribution in [0, 0.1) is 0 Å². The fourth-order valence-electron chi connectivity index (χ4n) is 0.980. The van der Waals surface area contributed by atoms with Crippen molar-refractivity contribution in [3.63, 3.8) is 0 Å². The minimum atomic E-state index is -1.02. The van der Waals surface area contributed by atoms with Gasteiger partial charge in [-0.15, -0.1) is 0 Å². The Hall–Kier alpha value is -1.32. The highest BCUT2D eigenvalue weighted by Gasteiger charge is 2.17. The van der Waals surface area contributed by atoms with Gasteiger partial charge in [-0.1, -0.05) is 0 Å². The van der Waals surface area contributed by atoms with Gasteiger partial charge in [0.05, 0.1) is 0 Å². The minimum absolute atomic E-state index is 0.00231. The lowest BCUT2D eigenvalue weighted by Crippen LogP contribution is -2.17. The van der Waals surface area contributed by atoms with Gasteiger partial charge in [0.25, 0.3) is 0 Å². The van der Waals surface area contributed by atoms with Crippen molar-refractivity contribution in [3.05, 3.63) is 12.3 Å². The highest BCUT2D eigenvalue weighted by Crippen LogP contribution is 2.09. The summed E-state index contributed by atoms with van der Waals surface area (Å²) in [5.74, 6) is -1.02. The molecule has 0 radical (unpaired) electrons. The first-order chi connectivity index (χ1) is 5.20. The van der Waals surface area contributed by atoms with Gasteiger partial charge in [-0.25, -0.2) is 4.79 Å². The van der Waals surface area contributed by atoms with Gasteiger partial charge in [-0.05, 0) is 6.42 Å². The third kappa shape index (κ3) is 2.07. The maximum atomic E-state index is 10.9. The smallest absolute Gasteiger partial charge is 0.329 e. The molecule has 1 aliphatic rings. The van der Waals surface area contributed by atoms with Crippen molar-refractivity contribution in [2.45, 2.75) is 12.8 Å². The first kappa shape index (κ1) is 7.78. The number of hydrogen-bond donors (Lipinski definition) is 1. The van der Waals surface area contributed by atoms with Crippen LogP contribution in [0.3, 0.4) is 0 Å². The highest BCUT2D eigenvalue weighted by molar-refractivity contribution is 5.83. The van der Waals surface area contributed by atoms with Crippen LogP contribution in [0.4, 0.5) is 0 Å². The number of carbonyl (C=O) groups is 2. The SMILES string of the molecule is O=C(O)C=CN1CCCC1=O. The fourth-order valence-corrected chi connectivity index (χ4v) is 0.980. The van der Waals surface area contributed by atoms with E-state index in [1.165, 1.54) is 11.1 Å². The Morgan fingerprint density at radius 2 is 2.36 bits per heavy atom. The summed E-state index contributed by atoms with van der Waals surface area (Å²) in [5.41, 5.74) is 0. The van der Waals surface area contributed by atoms with Crippen LogP contribution in [-0.2, 0) is 9.59 Å². The van der Waals surface area contributed by atoms with E-state index in [0.717, 1.165) is 12.5 Å². The Kier molecular flexibility index (Phi) is 2.25. The van der Waals surface area contributed by atoms with Crippen molar-refractivity contribution in [2.24, 2.45) is 0 Å². The molecule has 1 heterocycles. The molecular weight excluding hydrogens is 146 g/mol. The average Bonchev–Trinajstić information content (AvgIpc) is 2.31. The lowest BCUT2D eigenvalue weighted by molar-refractivity contribution is -0.131. The zero-order valence-corrected chi connectivity index (χ0v) is 5.99. The predicted molar refractivity (Wildman–Crippen MR) is 37.7 cm³/mol. The van der Waals surface area contributed by atoms with Crippen molar-refractivity contribution in [3.8, 4) is 0 Å². The van der Waals surface area contributed by atoms with Crippen LogP contribution in [0.2, 0.25) is 0 Å². The number of likely N-dealkylation sites (tertiary alicyclic amines) is 1. The van der Waals surface area contributed by atoms with Crippen LogP contribution in [0.15, 0.2) is 12.3 Å². The number of rotatable bonds is 2. The van der Waals surface area contributed by atoms with Gasteiger partial charge < -0.3 is 10.0 Å². The molecule has 0 aromatic rings. The highest BCUT2D eigenvalue weighted by atomic mass is 16.4. The number of carboxylic acid groups (broad SMARTS) is 1. The molecule has 0 bridgehead atoms. The van der Waals surface area contributed by atoms with Gasteiger partial charge in [0.1, 0.15) is 0 Å². The average molecular weight is 155 g/mol. The molecule has 0 atom stereocenters. The maximum absolute atomic E-state index is 10.9. The molecule has 0 saturated carbocycles. The molecule has 11 heavy (non-hydrogen) atoms. The molecule has 4 nitrogen and oxygen atoms in total. The van der Waals surface area contributed by atoms with Gasteiger partial charge in [0.15, 0.2) is 0 Å². The summed E-state index contributed by atoms with van der Waals surface area (Å²) in [6.07, 6.45) is 3.65. The molecule has 1 rings (SSSR count). The molecule has 0 aliphatic carbocycles. The zero-order valence-electron chi connectivity index (χ0n) is 5.99. The summed E-state index contributed by atoms with van der Waals surface area (Å²) < 4.78 is 0. The van der Waals surface area contributed by atoms with E-state index in [-0.39, 0.29) is 5.91 Å². The normalized spacial score (nSPS) is 18.2. The standard InChI is InChI=1S/C7H9NO3/c9-6-2-1-4-8(6)5-3-7(10)11/h3,5H,1-2,4H2,(H,10,11). The summed E-state index contributed by atoms with van der Waals surface area (Å²) in [4.78, 5) is 22.3. The number of carboxylic acids is 1. The van der Waals surface area contributed by atoms with Crippen molar-refractivity contribution >= 4 is 11.9 Å². The van der Waals surface area contributed by atoms with Crippen LogP contribution in [0.1, 0.15) is 12.8 Å². The largest absolute Gasteiger partial charge is 0.478 e. The molecule has 1 aliphatic heterocycles. The van der Waals surface area contributed by atoms with Crippen LogP contribution >= 0.6 is 0 Å². The molecule has 0 unspecified atom stereocenters. The summed E-state index contributed by atoms with van der Waals surface area (Å²) in [5, 5.41) is 8.24. The maximum Gasteiger partial charge on any atom is 0.329 e. The second-order valence-electron chi connectivity index (χ2n) is 2.34. The van der Waals surface area contributed by atoms with E-state index in [1.54, 1.807) is 0 Å². The van der Waals surface area contributed by atoms with Gasteiger partial charge in [-0.3, -0.25) is 4.79 Å². The number of carbonyl (C=O) groups excluding carboxylic acids is 1. The third-order valence-electron chi connectivity index (χ3n) is 1.51. The molecule has 4 heteroatoms. The van der Waals surface area contributed by atoms with Crippen molar-refractivity contribution in [1.29, 1.82) is 0 Å². The fraction of sp³-hybridized carbons (Fsp3) is 0.429. The van der Waals surface area contributed by atoms with Crippen molar-refractivity contribution in [2.75, 3.05) is 6.54 Å². The lowest BCUT2D eigenvalue weighted by atomic mass is 10.4. The Morgan fingerprint density at radius 1 is 1.64 bits per heavy atom. The zero-order chi connectivity index (χ0) is 8.27. The molecule has 0 spiro atoms. The van der Waals surface area contributed by atoms with Crippen LogP contribution in [0.5, 0.6) is 0 Å². The summed E-state index contributed by atoms with van der Waals surface area (Å²) in [6.45, 7) is 0.641. The topological polar surface area (TPSA) is 57.6 Å². The predicted octanol–water partition coefficient (Wildman–Crippen LogP) is 0.207. The van der Waals surface area contributed by atoms with E-state index < -0.39 is 5.97 Å². The van der Waals surface area contributed by atoms with E-state index in [9.17, 15) is 9.59 Å². The van der Waals surface area contributed by atoms with Gasteiger partial charge in [0, 0.05) is 25.2 Å². The third-order valence-corrected chi connectivity index (χ3v) is 1.51. The van der Waals surface area contributed by atoms with E-state index in [1.807, 2.05) is 0 Å². The summed E-state index contributed by atoms with van der Waals surface area (Å²) >= 11 is 0. The number of nitrogens with zero attached hydrogens (tertiary/aromatic N) is 1. The van der Waals surface area contributed by atoms with Crippen molar-refractivity contribution < 1.29 is 14.7 Å². The van der Waals surface area contributed by atoms with Crippen molar-refractivity contribution in [1.82, 2.24) is 4.90 Å². The van der Waals surface area contributed by atoms with Gasteiger partial charge >= 0.3 is 5.97 Å². The molecule has 60 valence electrons. The molecule has 1 N–H and O–H groups in total. The second-order valence-corrected chi connectivity index (χ2v) is 2.34. The minimum Gasteiger partial charge on any atom is -0.478 e. The first-order valence-electron chi connectivity index (χ1n) is 3.41. The Balaban J connectivity index is 2.48. The van der Waals surface area contributed by atoms with Gasteiger partial charge in [0.2, 0.25) is 5.91 Å².